The molecule has 2 rings (SSSR count). The van der Waals surface area contributed by atoms with Crippen molar-refractivity contribution in [2.24, 2.45) is 0 Å². The zero-order chi connectivity index (χ0) is 13.3. The fourth-order valence-electron chi connectivity index (χ4n) is 1.59. The van der Waals surface area contributed by atoms with Crippen LogP contribution in [0.25, 0.3) is 0 Å². The second-order valence-corrected chi connectivity index (χ2v) is 6.22. The van der Waals surface area contributed by atoms with Crippen molar-refractivity contribution in [3.8, 4) is 5.75 Å². The molecule has 0 fully saturated rings. The van der Waals surface area contributed by atoms with E-state index < -0.39 is 0 Å². The smallest absolute Gasteiger partial charge is 0.203 e. The Morgan fingerprint density at radius 1 is 1.39 bits per heavy atom. The molecule has 0 amide bonds. The highest BCUT2D eigenvalue weighted by Gasteiger charge is 2.14. The van der Waals surface area contributed by atoms with Gasteiger partial charge in [-0.15, -0.1) is 11.3 Å². The molecule has 1 heterocycles. The van der Waals surface area contributed by atoms with Crippen molar-refractivity contribution in [2.45, 2.75) is 6.92 Å². The number of thiophene rings is 1. The van der Waals surface area contributed by atoms with E-state index >= 15 is 0 Å². The lowest BCUT2D eigenvalue weighted by atomic mass is 10.1. The van der Waals surface area contributed by atoms with Crippen LogP contribution in [-0.4, -0.2) is 12.9 Å². The molecule has 2 aromatic rings. The van der Waals surface area contributed by atoms with Crippen LogP contribution in [0.1, 0.15) is 20.8 Å². The summed E-state index contributed by atoms with van der Waals surface area (Å²) in [5, 5.41) is 0. The molecule has 2 N–H and O–H groups in total. The maximum Gasteiger partial charge on any atom is 0.203 e. The topological polar surface area (TPSA) is 52.3 Å². The number of hydrogen-bond donors (Lipinski definition) is 1. The molecule has 18 heavy (non-hydrogen) atoms. The molecule has 0 aliphatic carbocycles. The van der Waals surface area contributed by atoms with Crippen molar-refractivity contribution in [1.29, 1.82) is 0 Å². The number of halogens is 1. The maximum absolute atomic E-state index is 12.3. The van der Waals surface area contributed by atoms with Crippen molar-refractivity contribution >= 4 is 38.7 Å². The first-order chi connectivity index (χ1) is 8.52. The summed E-state index contributed by atoms with van der Waals surface area (Å²) in [5.74, 6) is 0.554. The number of carbonyl (C=O) groups is 1. The average Bonchev–Trinajstić information content (AvgIpc) is 2.68. The molecule has 0 aliphatic rings. The first kappa shape index (κ1) is 13.1. The molecule has 0 saturated carbocycles. The van der Waals surface area contributed by atoms with Crippen LogP contribution in [0.3, 0.4) is 0 Å². The van der Waals surface area contributed by atoms with Crippen LogP contribution in [-0.2, 0) is 0 Å². The second-order valence-electron chi connectivity index (χ2n) is 3.85. The first-order valence-corrected chi connectivity index (χ1v) is 6.88. The van der Waals surface area contributed by atoms with Crippen LogP contribution in [0.15, 0.2) is 28.1 Å². The summed E-state index contributed by atoms with van der Waals surface area (Å²) in [4.78, 5) is 13.0. The third-order valence-electron chi connectivity index (χ3n) is 2.57. The third-order valence-corrected chi connectivity index (χ3v) is 4.71. The molecule has 0 unspecified atom stereocenters. The molecule has 0 aliphatic heterocycles. The van der Waals surface area contributed by atoms with Crippen LogP contribution >= 0.6 is 27.3 Å². The monoisotopic (exact) mass is 325 g/mol. The summed E-state index contributed by atoms with van der Waals surface area (Å²) in [6.07, 6.45) is 0. The van der Waals surface area contributed by atoms with Gasteiger partial charge in [0.25, 0.3) is 0 Å². The Kier molecular flexibility index (Phi) is 3.73. The number of anilines is 1. The number of aryl methyl sites for hydroxylation is 1. The van der Waals surface area contributed by atoms with Crippen molar-refractivity contribution in [3.63, 3.8) is 0 Å². The molecule has 0 atom stereocenters. The highest BCUT2D eigenvalue weighted by molar-refractivity contribution is 9.11. The Balaban J connectivity index is 2.37. The van der Waals surface area contributed by atoms with Crippen LogP contribution in [0.2, 0.25) is 0 Å². The van der Waals surface area contributed by atoms with Gasteiger partial charge in [0.2, 0.25) is 5.78 Å². The van der Waals surface area contributed by atoms with Gasteiger partial charge in [-0.25, -0.2) is 0 Å². The number of nitrogen functional groups attached to an aromatic ring is 1. The van der Waals surface area contributed by atoms with E-state index in [4.69, 9.17) is 10.5 Å². The van der Waals surface area contributed by atoms with Crippen molar-refractivity contribution in [2.75, 3.05) is 12.8 Å². The summed E-state index contributed by atoms with van der Waals surface area (Å²) < 4.78 is 6.05. The van der Waals surface area contributed by atoms with Crippen molar-refractivity contribution < 1.29 is 9.53 Å². The maximum atomic E-state index is 12.3. The predicted octanol–water partition coefficient (Wildman–Crippen LogP) is 3.64. The van der Waals surface area contributed by atoms with Gasteiger partial charge >= 0.3 is 0 Å². The van der Waals surface area contributed by atoms with E-state index in [-0.39, 0.29) is 5.78 Å². The van der Waals surface area contributed by atoms with Crippen molar-refractivity contribution in [3.05, 3.63) is 44.1 Å². The van der Waals surface area contributed by atoms with E-state index in [1.165, 1.54) is 11.3 Å². The third kappa shape index (κ3) is 2.42. The zero-order valence-corrected chi connectivity index (χ0v) is 12.4. The lowest BCUT2D eigenvalue weighted by Gasteiger charge is -2.05. The molecular formula is C13H12BrNO2S. The van der Waals surface area contributed by atoms with Crippen LogP contribution in [0.5, 0.6) is 5.75 Å². The molecule has 5 heteroatoms. The molecule has 0 bridgehead atoms. The number of ether oxygens (including phenoxy) is 1. The summed E-state index contributed by atoms with van der Waals surface area (Å²) in [5.41, 5.74) is 7.90. The number of ketones is 1. The minimum Gasteiger partial charge on any atom is -0.495 e. The number of rotatable bonds is 3. The summed E-state index contributed by atoms with van der Waals surface area (Å²) >= 11 is 4.84. The average molecular weight is 326 g/mol. The highest BCUT2D eigenvalue weighted by atomic mass is 79.9. The van der Waals surface area contributed by atoms with Crippen LogP contribution in [0.4, 0.5) is 5.69 Å². The summed E-state index contributed by atoms with van der Waals surface area (Å²) in [6, 6.07) is 6.94. The van der Waals surface area contributed by atoms with Gasteiger partial charge in [0.15, 0.2) is 0 Å². The fraction of sp³-hybridized carbons (Fsp3) is 0.154. The Morgan fingerprint density at radius 3 is 2.61 bits per heavy atom. The van der Waals surface area contributed by atoms with Gasteiger partial charge in [-0.05, 0) is 52.7 Å². The van der Waals surface area contributed by atoms with Crippen LogP contribution in [0, 0.1) is 6.92 Å². The Labute approximate surface area is 118 Å². The SMILES string of the molecule is COc1ccc(C(=O)c2cc(C)c(Br)s2)cc1N. The van der Waals surface area contributed by atoms with E-state index in [9.17, 15) is 4.79 Å². The minimum atomic E-state index is -0.0249. The lowest BCUT2D eigenvalue weighted by Crippen LogP contribution is -2.01. The molecule has 0 spiro atoms. The lowest BCUT2D eigenvalue weighted by molar-refractivity contribution is 0.104. The van der Waals surface area contributed by atoms with Gasteiger partial charge < -0.3 is 10.5 Å². The van der Waals surface area contributed by atoms with Gasteiger partial charge in [-0.3, -0.25) is 4.79 Å². The number of carbonyl (C=O) groups excluding carboxylic acids is 1. The van der Waals surface area contributed by atoms with E-state index in [1.807, 2.05) is 13.0 Å². The van der Waals surface area contributed by atoms with Gasteiger partial charge in [-0.1, -0.05) is 0 Å². The summed E-state index contributed by atoms with van der Waals surface area (Å²) in [6.45, 7) is 1.96. The van der Waals surface area contributed by atoms with Gasteiger partial charge in [-0.2, -0.15) is 0 Å². The van der Waals surface area contributed by atoms with Gasteiger partial charge in [0, 0.05) is 5.56 Å². The molecule has 3 nitrogen and oxygen atoms in total. The Morgan fingerprint density at radius 2 is 2.11 bits per heavy atom. The molecule has 0 radical (unpaired) electrons. The number of nitrogens with two attached hydrogens (primary N) is 1. The van der Waals surface area contributed by atoms with E-state index in [1.54, 1.807) is 25.3 Å². The fourth-order valence-corrected chi connectivity index (χ4v) is 3.09. The molecule has 94 valence electrons. The normalized spacial score (nSPS) is 10.4. The highest BCUT2D eigenvalue weighted by Crippen LogP contribution is 2.30. The van der Waals surface area contributed by atoms with Gasteiger partial charge in [0.1, 0.15) is 5.75 Å². The minimum absolute atomic E-state index is 0.0249. The van der Waals surface area contributed by atoms with E-state index in [2.05, 4.69) is 15.9 Å². The predicted molar refractivity (Wildman–Crippen MR) is 77.6 cm³/mol. The Bertz CT molecular complexity index is 588. The van der Waals surface area contributed by atoms with Crippen LogP contribution < -0.4 is 10.5 Å². The quantitative estimate of drug-likeness (QED) is 0.692. The zero-order valence-electron chi connectivity index (χ0n) is 9.99. The summed E-state index contributed by atoms with van der Waals surface area (Å²) in [7, 11) is 1.55. The van der Waals surface area contributed by atoms with E-state index in [0.717, 1.165) is 9.35 Å². The number of methoxy groups -OCH3 is 1. The first-order valence-electron chi connectivity index (χ1n) is 5.27. The number of benzene rings is 1. The molecule has 1 aromatic heterocycles. The largest absolute Gasteiger partial charge is 0.495 e. The Hall–Kier alpha value is -1.33. The molecule has 1 aromatic carbocycles. The van der Waals surface area contributed by atoms with Gasteiger partial charge in [0.05, 0.1) is 21.5 Å². The molecular weight excluding hydrogens is 314 g/mol. The van der Waals surface area contributed by atoms with E-state index in [0.29, 0.717) is 21.9 Å². The standard InChI is InChI=1S/C13H12BrNO2S/c1-7-5-11(18-13(7)14)12(16)8-3-4-10(17-2)9(15)6-8/h3-6H,15H2,1-2H3. The van der Waals surface area contributed by atoms with Crippen molar-refractivity contribution in [1.82, 2.24) is 0 Å². The second kappa shape index (κ2) is 5.12. The molecule has 0 saturated heterocycles. The number of hydrogen-bond acceptors (Lipinski definition) is 4.